The van der Waals surface area contributed by atoms with Gasteiger partial charge in [0.05, 0.1) is 5.66 Å². The highest BCUT2D eigenvalue weighted by Crippen LogP contribution is 2.23. The van der Waals surface area contributed by atoms with Gasteiger partial charge in [-0.15, -0.1) is 0 Å². The molecule has 2 rings (SSSR count). The zero-order chi connectivity index (χ0) is 13.2. The van der Waals surface area contributed by atoms with Gasteiger partial charge < -0.3 is 5.73 Å². The van der Waals surface area contributed by atoms with Gasteiger partial charge in [-0.25, -0.2) is 0 Å². The minimum atomic E-state index is -0.218. The van der Waals surface area contributed by atoms with Gasteiger partial charge in [-0.1, -0.05) is 36.8 Å². The van der Waals surface area contributed by atoms with Crippen molar-refractivity contribution in [3.8, 4) is 0 Å². The first-order chi connectivity index (χ1) is 8.47. The molecule has 0 aliphatic carbocycles. The van der Waals surface area contributed by atoms with E-state index in [0.717, 1.165) is 25.4 Å². The van der Waals surface area contributed by atoms with E-state index in [-0.39, 0.29) is 5.66 Å². The summed E-state index contributed by atoms with van der Waals surface area (Å²) in [6.07, 6.45) is 3.55. The van der Waals surface area contributed by atoms with E-state index < -0.39 is 0 Å². The fourth-order valence-electron chi connectivity index (χ4n) is 2.88. The predicted molar refractivity (Wildman–Crippen MR) is 77.4 cm³/mol. The van der Waals surface area contributed by atoms with Crippen LogP contribution in [0.25, 0.3) is 0 Å². The first-order valence-corrected chi connectivity index (χ1v) is 7.07. The lowest BCUT2D eigenvalue weighted by atomic mass is 9.93. The third-order valence-corrected chi connectivity index (χ3v) is 4.06. The fourth-order valence-corrected chi connectivity index (χ4v) is 2.88. The van der Waals surface area contributed by atoms with Gasteiger partial charge in [-0.2, -0.15) is 0 Å². The summed E-state index contributed by atoms with van der Waals surface area (Å²) < 4.78 is 0. The van der Waals surface area contributed by atoms with Crippen molar-refractivity contribution in [2.45, 2.75) is 45.7 Å². The monoisotopic (exact) mass is 246 g/mol. The van der Waals surface area contributed by atoms with Gasteiger partial charge in [-0.3, -0.25) is 4.90 Å². The normalized spacial score (nSPS) is 24.8. The third kappa shape index (κ3) is 3.33. The van der Waals surface area contributed by atoms with Crippen LogP contribution in [0, 0.1) is 12.8 Å². The Bertz CT molecular complexity index is 381. The van der Waals surface area contributed by atoms with Crippen LogP contribution in [0.1, 0.15) is 37.8 Å². The van der Waals surface area contributed by atoms with Crippen LogP contribution in [-0.4, -0.2) is 23.7 Å². The van der Waals surface area contributed by atoms with Crippen molar-refractivity contribution in [2.24, 2.45) is 11.7 Å². The van der Waals surface area contributed by atoms with Crippen LogP contribution >= 0.6 is 0 Å². The lowest BCUT2D eigenvalue weighted by molar-refractivity contribution is 0.0627. The zero-order valence-corrected chi connectivity index (χ0v) is 11.9. The SMILES string of the molecule is Cc1ccc(CC(C)(N)N2CCCC(C)C2)cc1. The van der Waals surface area contributed by atoms with Crippen LogP contribution in [0.4, 0.5) is 0 Å². The molecule has 0 bridgehead atoms. The number of hydrogen-bond acceptors (Lipinski definition) is 2. The van der Waals surface area contributed by atoms with Gasteiger partial charge >= 0.3 is 0 Å². The molecule has 2 unspecified atom stereocenters. The molecule has 1 aromatic rings. The van der Waals surface area contributed by atoms with Crippen LogP contribution in [-0.2, 0) is 6.42 Å². The third-order valence-electron chi connectivity index (χ3n) is 4.06. The summed E-state index contributed by atoms with van der Waals surface area (Å²) >= 11 is 0. The Kier molecular flexibility index (Phi) is 4.08. The summed E-state index contributed by atoms with van der Waals surface area (Å²) in [5, 5.41) is 0. The second kappa shape index (κ2) is 5.41. The van der Waals surface area contributed by atoms with Gasteiger partial charge in [0.25, 0.3) is 0 Å². The maximum Gasteiger partial charge on any atom is 0.0699 e. The molecule has 1 aliphatic heterocycles. The first-order valence-electron chi connectivity index (χ1n) is 7.07. The summed E-state index contributed by atoms with van der Waals surface area (Å²) in [5.41, 5.74) is 8.98. The van der Waals surface area contributed by atoms with Crippen molar-refractivity contribution in [2.75, 3.05) is 13.1 Å². The molecule has 2 N–H and O–H groups in total. The van der Waals surface area contributed by atoms with Crippen molar-refractivity contribution in [3.05, 3.63) is 35.4 Å². The van der Waals surface area contributed by atoms with E-state index in [1.807, 2.05) is 0 Å². The molecule has 18 heavy (non-hydrogen) atoms. The van der Waals surface area contributed by atoms with E-state index in [1.165, 1.54) is 24.0 Å². The number of benzene rings is 1. The quantitative estimate of drug-likeness (QED) is 0.888. The van der Waals surface area contributed by atoms with Crippen molar-refractivity contribution < 1.29 is 0 Å². The lowest BCUT2D eigenvalue weighted by Gasteiger charge is -2.42. The molecule has 0 amide bonds. The molecule has 2 nitrogen and oxygen atoms in total. The van der Waals surface area contributed by atoms with Crippen LogP contribution in [0.5, 0.6) is 0 Å². The summed E-state index contributed by atoms with van der Waals surface area (Å²) in [6.45, 7) is 8.90. The molecule has 0 saturated carbocycles. The standard InChI is InChI=1S/C16H26N2/c1-13-6-8-15(9-7-13)11-16(3,17)18-10-4-5-14(2)12-18/h6-9,14H,4-5,10-12,17H2,1-3H3. The number of rotatable bonds is 3. The molecule has 0 radical (unpaired) electrons. The van der Waals surface area contributed by atoms with Gasteiger partial charge in [0, 0.05) is 13.0 Å². The highest BCUT2D eigenvalue weighted by atomic mass is 15.3. The van der Waals surface area contributed by atoms with E-state index in [4.69, 9.17) is 5.73 Å². The Labute approximate surface area is 111 Å². The van der Waals surface area contributed by atoms with Crippen molar-refractivity contribution in [1.29, 1.82) is 0 Å². The summed E-state index contributed by atoms with van der Waals surface area (Å²) in [6, 6.07) is 8.75. The molecule has 1 aromatic carbocycles. The summed E-state index contributed by atoms with van der Waals surface area (Å²) in [4.78, 5) is 2.46. The van der Waals surface area contributed by atoms with Crippen LogP contribution < -0.4 is 5.73 Å². The van der Waals surface area contributed by atoms with Crippen molar-refractivity contribution in [3.63, 3.8) is 0 Å². The second-order valence-corrected chi connectivity index (χ2v) is 6.21. The highest BCUT2D eigenvalue weighted by Gasteiger charge is 2.30. The Morgan fingerprint density at radius 3 is 2.61 bits per heavy atom. The molecule has 0 spiro atoms. The number of aryl methyl sites for hydroxylation is 1. The Morgan fingerprint density at radius 1 is 1.33 bits per heavy atom. The maximum absolute atomic E-state index is 6.55. The van der Waals surface area contributed by atoms with Gasteiger partial charge in [0.15, 0.2) is 0 Å². The average molecular weight is 246 g/mol. The van der Waals surface area contributed by atoms with E-state index in [2.05, 4.69) is 49.9 Å². The second-order valence-electron chi connectivity index (χ2n) is 6.21. The van der Waals surface area contributed by atoms with E-state index in [0.29, 0.717) is 0 Å². The first kappa shape index (κ1) is 13.6. The van der Waals surface area contributed by atoms with Gasteiger partial charge in [-0.05, 0) is 44.7 Å². The van der Waals surface area contributed by atoms with Gasteiger partial charge in [0.2, 0.25) is 0 Å². The number of nitrogens with zero attached hydrogens (tertiary/aromatic N) is 1. The topological polar surface area (TPSA) is 29.3 Å². The minimum Gasteiger partial charge on any atom is -0.313 e. The summed E-state index contributed by atoms with van der Waals surface area (Å²) in [7, 11) is 0. The van der Waals surface area contributed by atoms with Crippen molar-refractivity contribution in [1.82, 2.24) is 4.90 Å². The molecule has 1 fully saturated rings. The Hall–Kier alpha value is -0.860. The molecular weight excluding hydrogens is 220 g/mol. The minimum absolute atomic E-state index is 0.218. The molecule has 2 atom stereocenters. The molecular formula is C16H26N2. The molecule has 1 saturated heterocycles. The average Bonchev–Trinajstić information content (AvgIpc) is 2.32. The zero-order valence-electron chi connectivity index (χ0n) is 11.9. The molecule has 1 aliphatic rings. The van der Waals surface area contributed by atoms with E-state index >= 15 is 0 Å². The molecule has 0 aromatic heterocycles. The Balaban J connectivity index is 2.03. The number of likely N-dealkylation sites (tertiary alicyclic amines) is 1. The van der Waals surface area contributed by atoms with Crippen LogP contribution in [0.3, 0.4) is 0 Å². The number of piperidine rings is 1. The largest absolute Gasteiger partial charge is 0.313 e. The fraction of sp³-hybridized carbons (Fsp3) is 0.625. The molecule has 100 valence electrons. The van der Waals surface area contributed by atoms with Gasteiger partial charge in [0.1, 0.15) is 0 Å². The van der Waals surface area contributed by atoms with Crippen molar-refractivity contribution >= 4 is 0 Å². The number of nitrogens with two attached hydrogens (primary N) is 1. The molecule has 2 heteroatoms. The summed E-state index contributed by atoms with van der Waals surface area (Å²) in [5.74, 6) is 0.777. The predicted octanol–water partition coefficient (Wildman–Crippen LogP) is 2.94. The van der Waals surface area contributed by atoms with E-state index in [1.54, 1.807) is 0 Å². The van der Waals surface area contributed by atoms with Crippen LogP contribution in [0.15, 0.2) is 24.3 Å². The Morgan fingerprint density at radius 2 is 2.00 bits per heavy atom. The van der Waals surface area contributed by atoms with E-state index in [9.17, 15) is 0 Å². The smallest absolute Gasteiger partial charge is 0.0699 e. The van der Waals surface area contributed by atoms with Crippen LogP contribution in [0.2, 0.25) is 0 Å². The maximum atomic E-state index is 6.55. The molecule has 1 heterocycles. The lowest BCUT2D eigenvalue weighted by Crippen LogP contribution is -2.58. The number of hydrogen-bond donors (Lipinski definition) is 1. The highest BCUT2D eigenvalue weighted by molar-refractivity contribution is 5.22.